The number of carbonyl (C=O) groups excluding carboxylic acids is 4. The normalized spacial score (nSPS) is 25.1. The van der Waals surface area contributed by atoms with Crippen molar-refractivity contribution in [1.29, 1.82) is 0 Å². The van der Waals surface area contributed by atoms with Gasteiger partial charge in [0.2, 0.25) is 11.8 Å². The number of hydrogen-bond acceptors (Lipinski definition) is 5. The van der Waals surface area contributed by atoms with Crippen LogP contribution in [0, 0.1) is 37.5 Å². The molecular formula is C32H30N2O5. The van der Waals surface area contributed by atoms with Crippen molar-refractivity contribution < 1.29 is 23.9 Å². The lowest BCUT2D eigenvalue weighted by Crippen LogP contribution is -2.33. The van der Waals surface area contributed by atoms with Gasteiger partial charge in [-0.2, -0.15) is 0 Å². The standard InChI is InChI=1S/C32H30N2O5/c1-18-8-6-13-26(19(18)2)33-27(35)17-39-32(38)21-11-7-12-23(14-21)34-30(36)28-22-15-24(20-9-4-3-5-10-20)25(16-22)29(28)31(34)37/h3-14,22,24-25,28-29H,15-17H2,1-2H3,(H,33,35)/t22-,24+,25+,28+,29+/m0/s1. The predicted octanol–water partition coefficient (Wildman–Crippen LogP) is 5.03. The zero-order valence-corrected chi connectivity index (χ0v) is 21.9. The van der Waals surface area contributed by atoms with Crippen LogP contribution >= 0.6 is 0 Å². The second kappa shape index (κ2) is 9.80. The zero-order chi connectivity index (χ0) is 27.3. The number of amides is 3. The number of imide groups is 1. The molecule has 0 spiro atoms. The topological polar surface area (TPSA) is 92.8 Å². The summed E-state index contributed by atoms with van der Waals surface area (Å²) in [4.78, 5) is 53.5. The Morgan fingerprint density at radius 3 is 2.44 bits per heavy atom. The van der Waals surface area contributed by atoms with Crippen molar-refractivity contribution >= 4 is 35.1 Å². The molecule has 2 aliphatic carbocycles. The maximum Gasteiger partial charge on any atom is 0.338 e. The Kier molecular flexibility index (Phi) is 6.29. The van der Waals surface area contributed by atoms with Gasteiger partial charge in [-0.3, -0.25) is 19.3 Å². The van der Waals surface area contributed by atoms with E-state index < -0.39 is 18.5 Å². The molecule has 1 N–H and O–H groups in total. The monoisotopic (exact) mass is 522 g/mol. The van der Waals surface area contributed by atoms with Crippen LogP contribution in [-0.4, -0.2) is 30.3 Å². The van der Waals surface area contributed by atoms with Crippen LogP contribution < -0.4 is 10.2 Å². The van der Waals surface area contributed by atoms with Crippen LogP contribution in [0.25, 0.3) is 0 Å². The number of fused-ring (bicyclic) bond motifs is 5. The van der Waals surface area contributed by atoms with E-state index in [1.807, 2.05) is 44.2 Å². The Bertz CT molecular complexity index is 1480. The average Bonchev–Trinajstić information content (AvgIpc) is 3.61. The third-order valence-electron chi connectivity index (χ3n) is 8.80. The summed E-state index contributed by atoms with van der Waals surface area (Å²) >= 11 is 0. The zero-order valence-electron chi connectivity index (χ0n) is 21.9. The number of ether oxygens (including phenoxy) is 1. The van der Waals surface area contributed by atoms with Gasteiger partial charge in [0.05, 0.1) is 23.1 Å². The quantitative estimate of drug-likeness (QED) is 0.362. The number of anilines is 2. The highest BCUT2D eigenvalue weighted by atomic mass is 16.5. The number of carbonyl (C=O) groups is 4. The summed E-state index contributed by atoms with van der Waals surface area (Å²) in [6, 6.07) is 22.2. The van der Waals surface area contributed by atoms with Crippen molar-refractivity contribution in [2.45, 2.75) is 32.6 Å². The minimum Gasteiger partial charge on any atom is -0.452 e. The van der Waals surface area contributed by atoms with Gasteiger partial charge in [0, 0.05) is 5.69 Å². The highest BCUT2D eigenvalue weighted by molar-refractivity contribution is 6.23. The molecule has 3 aromatic rings. The van der Waals surface area contributed by atoms with Crippen LogP contribution in [0.2, 0.25) is 0 Å². The molecule has 5 atom stereocenters. The van der Waals surface area contributed by atoms with E-state index >= 15 is 0 Å². The molecule has 3 aliphatic rings. The van der Waals surface area contributed by atoms with E-state index in [9.17, 15) is 19.2 Å². The Balaban J connectivity index is 1.14. The molecule has 0 aromatic heterocycles. The molecule has 2 bridgehead atoms. The third kappa shape index (κ3) is 4.32. The van der Waals surface area contributed by atoms with Gasteiger partial charge in [0.15, 0.2) is 6.61 Å². The van der Waals surface area contributed by atoms with E-state index in [2.05, 4.69) is 17.4 Å². The molecule has 6 rings (SSSR count). The first-order valence-corrected chi connectivity index (χ1v) is 13.4. The molecule has 198 valence electrons. The molecule has 1 aliphatic heterocycles. The highest BCUT2D eigenvalue weighted by Crippen LogP contribution is 2.61. The van der Waals surface area contributed by atoms with Crippen molar-refractivity contribution in [1.82, 2.24) is 0 Å². The van der Waals surface area contributed by atoms with Gasteiger partial charge in [-0.05, 0) is 85.4 Å². The lowest BCUT2D eigenvalue weighted by molar-refractivity contribution is -0.123. The van der Waals surface area contributed by atoms with Gasteiger partial charge in [-0.1, -0.05) is 48.5 Å². The summed E-state index contributed by atoms with van der Waals surface area (Å²) in [7, 11) is 0. The molecule has 2 saturated carbocycles. The molecule has 7 nitrogen and oxygen atoms in total. The Labute approximate surface area is 227 Å². The lowest BCUT2D eigenvalue weighted by Gasteiger charge is -2.28. The summed E-state index contributed by atoms with van der Waals surface area (Å²) in [6.07, 6.45) is 1.82. The average molecular weight is 523 g/mol. The second-order valence-electron chi connectivity index (χ2n) is 10.9. The SMILES string of the molecule is Cc1cccc(NC(=O)COC(=O)c2cccc(N3C(=O)[C@@H]4[C@@H]5C[C@@H]([C@H]4C3=O)[C@@H](c3ccccc3)C5)c2)c1C. The molecule has 1 heterocycles. The van der Waals surface area contributed by atoms with E-state index in [0.717, 1.165) is 24.0 Å². The number of benzene rings is 3. The van der Waals surface area contributed by atoms with Crippen LogP contribution in [0.3, 0.4) is 0 Å². The van der Waals surface area contributed by atoms with Crippen LogP contribution in [0.15, 0.2) is 72.8 Å². The fourth-order valence-electron chi connectivity index (χ4n) is 6.86. The predicted molar refractivity (Wildman–Crippen MR) is 146 cm³/mol. The van der Waals surface area contributed by atoms with Gasteiger partial charge in [0.1, 0.15) is 0 Å². The molecule has 0 radical (unpaired) electrons. The fourth-order valence-corrected chi connectivity index (χ4v) is 6.86. The molecule has 3 aromatic carbocycles. The second-order valence-corrected chi connectivity index (χ2v) is 10.9. The van der Waals surface area contributed by atoms with E-state index in [-0.39, 0.29) is 47.0 Å². The summed E-state index contributed by atoms with van der Waals surface area (Å²) in [6.45, 7) is 3.41. The van der Waals surface area contributed by atoms with E-state index in [1.54, 1.807) is 24.3 Å². The van der Waals surface area contributed by atoms with E-state index in [0.29, 0.717) is 11.4 Å². The smallest absolute Gasteiger partial charge is 0.338 e. The van der Waals surface area contributed by atoms with Crippen LogP contribution in [0.1, 0.15) is 45.8 Å². The van der Waals surface area contributed by atoms with E-state index in [4.69, 9.17) is 4.74 Å². The number of nitrogens with one attached hydrogen (secondary N) is 1. The van der Waals surface area contributed by atoms with Crippen LogP contribution in [0.5, 0.6) is 0 Å². The number of hydrogen-bond donors (Lipinski definition) is 1. The van der Waals surface area contributed by atoms with Gasteiger partial charge in [0.25, 0.3) is 5.91 Å². The van der Waals surface area contributed by atoms with Gasteiger partial charge >= 0.3 is 5.97 Å². The first kappa shape index (κ1) is 25.0. The van der Waals surface area contributed by atoms with Crippen molar-refractivity contribution in [3.05, 3.63) is 95.1 Å². The molecule has 3 amide bonds. The molecular weight excluding hydrogens is 492 g/mol. The minimum atomic E-state index is -0.698. The molecule has 39 heavy (non-hydrogen) atoms. The molecule has 7 heteroatoms. The van der Waals surface area contributed by atoms with Gasteiger partial charge < -0.3 is 10.1 Å². The van der Waals surface area contributed by atoms with Gasteiger partial charge in [-0.15, -0.1) is 0 Å². The highest BCUT2D eigenvalue weighted by Gasteiger charge is 2.64. The summed E-state index contributed by atoms with van der Waals surface area (Å²) in [5.74, 6) is -1.52. The Hall–Kier alpha value is -4.26. The van der Waals surface area contributed by atoms with Crippen LogP contribution in [0.4, 0.5) is 11.4 Å². The van der Waals surface area contributed by atoms with Crippen molar-refractivity contribution in [2.24, 2.45) is 23.7 Å². The molecule has 1 saturated heterocycles. The Morgan fingerprint density at radius 1 is 0.897 bits per heavy atom. The number of aryl methyl sites for hydroxylation is 1. The Morgan fingerprint density at radius 2 is 1.64 bits per heavy atom. The summed E-state index contributed by atoms with van der Waals surface area (Å²) in [5.41, 5.74) is 4.42. The van der Waals surface area contributed by atoms with Crippen LogP contribution in [-0.2, 0) is 19.1 Å². The minimum absolute atomic E-state index is 0.146. The largest absolute Gasteiger partial charge is 0.452 e. The van der Waals surface area contributed by atoms with Gasteiger partial charge in [-0.25, -0.2) is 4.79 Å². The number of esters is 1. The number of rotatable bonds is 6. The summed E-state index contributed by atoms with van der Waals surface area (Å²) in [5, 5.41) is 2.76. The maximum atomic E-state index is 13.6. The third-order valence-corrected chi connectivity index (χ3v) is 8.80. The summed E-state index contributed by atoms with van der Waals surface area (Å²) < 4.78 is 5.25. The van der Waals surface area contributed by atoms with E-state index in [1.165, 1.54) is 16.5 Å². The first-order valence-electron chi connectivity index (χ1n) is 13.4. The maximum absolute atomic E-state index is 13.6. The first-order chi connectivity index (χ1) is 18.8. The van der Waals surface area contributed by atoms with Crippen molar-refractivity contribution in [3.8, 4) is 0 Å². The fraction of sp³-hybridized carbons (Fsp3) is 0.312. The molecule has 0 unspecified atom stereocenters. The van der Waals surface area contributed by atoms with Crippen molar-refractivity contribution in [2.75, 3.05) is 16.8 Å². The lowest BCUT2D eigenvalue weighted by atomic mass is 9.73. The molecule has 3 fully saturated rings. The number of nitrogens with zero attached hydrogens (tertiary/aromatic N) is 1. The van der Waals surface area contributed by atoms with Crippen molar-refractivity contribution in [3.63, 3.8) is 0 Å².